The third-order valence-corrected chi connectivity index (χ3v) is 5.33. The number of nitrogens with one attached hydrogen (secondary N) is 1. The van der Waals surface area contributed by atoms with E-state index in [1.165, 1.54) is 0 Å². The van der Waals surface area contributed by atoms with Crippen molar-refractivity contribution in [3.05, 3.63) is 59.1 Å². The van der Waals surface area contributed by atoms with E-state index in [0.717, 1.165) is 11.3 Å². The van der Waals surface area contributed by atoms with Crippen molar-refractivity contribution in [2.24, 2.45) is 0 Å². The fraction of sp³-hybridized carbons (Fsp3) is 0.364. The molecule has 3 rings (SSSR count). The Bertz CT molecular complexity index is 851. The predicted octanol–water partition coefficient (Wildman–Crippen LogP) is 3.06. The number of amides is 2. The molecule has 7 heteroatoms. The van der Waals surface area contributed by atoms with Crippen molar-refractivity contribution in [2.45, 2.75) is 12.8 Å². The first-order valence-corrected chi connectivity index (χ1v) is 10.1. The van der Waals surface area contributed by atoms with Gasteiger partial charge in [0.1, 0.15) is 5.75 Å². The molecule has 0 saturated carbocycles. The van der Waals surface area contributed by atoms with Crippen LogP contribution in [0.15, 0.2) is 48.5 Å². The normalized spacial score (nSPS) is 14.5. The zero-order valence-corrected chi connectivity index (χ0v) is 17.3. The smallest absolute Gasteiger partial charge is 0.238 e. The van der Waals surface area contributed by atoms with Crippen molar-refractivity contribution in [1.29, 1.82) is 0 Å². The van der Waals surface area contributed by atoms with Crippen molar-refractivity contribution in [2.75, 3.05) is 45.2 Å². The standard InChI is InChI=1S/C22H26ClN3O3/c1-29-18-6-4-5-17(15-18)9-10-22(28)26-13-11-25(12-14-26)16-21(27)24-20-8-3-2-7-19(20)23/h2-8,15H,9-14,16H2,1H3,(H,24,27). The Morgan fingerprint density at radius 3 is 2.55 bits per heavy atom. The highest BCUT2D eigenvalue weighted by Crippen LogP contribution is 2.20. The molecule has 0 aromatic heterocycles. The highest BCUT2D eigenvalue weighted by atomic mass is 35.5. The van der Waals surface area contributed by atoms with Crippen LogP contribution in [0.4, 0.5) is 5.69 Å². The third-order valence-electron chi connectivity index (χ3n) is 5.00. The second kappa shape index (κ2) is 10.3. The lowest BCUT2D eigenvalue weighted by Gasteiger charge is -2.34. The Hall–Kier alpha value is -2.57. The first-order chi connectivity index (χ1) is 14.0. The number of halogens is 1. The first-order valence-electron chi connectivity index (χ1n) is 9.72. The fourth-order valence-corrected chi connectivity index (χ4v) is 3.53. The fourth-order valence-electron chi connectivity index (χ4n) is 3.35. The lowest BCUT2D eigenvalue weighted by atomic mass is 10.1. The third kappa shape index (κ3) is 6.21. The van der Waals surface area contributed by atoms with Crippen LogP contribution in [-0.2, 0) is 16.0 Å². The number of piperazine rings is 1. The number of hydrogen-bond acceptors (Lipinski definition) is 4. The average molecular weight is 416 g/mol. The highest BCUT2D eigenvalue weighted by molar-refractivity contribution is 6.33. The van der Waals surface area contributed by atoms with Crippen LogP contribution in [0.5, 0.6) is 5.75 Å². The van der Waals surface area contributed by atoms with Crippen molar-refractivity contribution < 1.29 is 14.3 Å². The van der Waals surface area contributed by atoms with Gasteiger partial charge in [0.2, 0.25) is 11.8 Å². The van der Waals surface area contributed by atoms with Crippen molar-refractivity contribution in [1.82, 2.24) is 9.80 Å². The van der Waals surface area contributed by atoms with Crippen LogP contribution >= 0.6 is 11.6 Å². The molecule has 1 aliphatic rings. The van der Waals surface area contributed by atoms with Crippen LogP contribution in [0.3, 0.4) is 0 Å². The molecule has 1 heterocycles. The molecule has 154 valence electrons. The largest absolute Gasteiger partial charge is 0.497 e. The van der Waals surface area contributed by atoms with Crippen molar-refractivity contribution in [3.8, 4) is 5.75 Å². The van der Waals surface area contributed by atoms with Crippen molar-refractivity contribution in [3.63, 3.8) is 0 Å². The number of para-hydroxylation sites is 1. The van der Waals surface area contributed by atoms with Crippen LogP contribution in [0.1, 0.15) is 12.0 Å². The van der Waals surface area contributed by atoms with E-state index in [4.69, 9.17) is 16.3 Å². The van der Waals surface area contributed by atoms with E-state index in [1.807, 2.05) is 41.3 Å². The van der Waals surface area contributed by atoms with Gasteiger partial charge in [0, 0.05) is 32.6 Å². The molecule has 1 N–H and O–H groups in total. The Morgan fingerprint density at radius 1 is 1.07 bits per heavy atom. The molecule has 0 spiro atoms. The molecular formula is C22H26ClN3O3. The molecule has 0 bridgehead atoms. The van der Waals surface area contributed by atoms with Gasteiger partial charge in [-0.2, -0.15) is 0 Å². The van der Waals surface area contributed by atoms with Crippen LogP contribution < -0.4 is 10.1 Å². The number of carbonyl (C=O) groups is 2. The molecule has 2 amide bonds. The zero-order valence-electron chi connectivity index (χ0n) is 16.6. The van der Waals surface area contributed by atoms with E-state index in [2.05, 4.69) is 10.2 Å². The number of anilines is 1. The first kappa shape index (κ1) is 21.1. The van der Waals surface area contributed by atoms with E-state index in [0.29, 0.717) is 49.7 Å². The van der Waals surface area contributed by atoms with Crippen LogP contribution in [-0.4, -0.2) is 61.4 Å². The van der Waals surface area contributed by atoms with Gasteiger partial charge in [-0.05, 0) is 36.2 Å². The van der Waals surface area contributed by atoms with E-state index in [9.17, 15) is 9.59 Å². The Morgan fingerprint density at radius 2 is 1.83 bits per heavy atom. The SMILES string of the molecule is COc1cccc(CCC(=O)N2CCN(CC(=O)Nc3ccccc3Cl)CC2)c1. The van der Waals surface area contributed by atoms with Gasteiger partial charge in [-0.1, -0.05) is 35.9 Å². The molecule has 0 atom stereocenters. The number of ether oxygens (including phenoxy) is 1. The maximum Gasteiger partial charge on any atom is 0.238 e. The van der Waals surface area contributed by atoms with Crippen molar-refractivity contribution >= 4 is 29.1 Å². The van der Waals surface area contributed by atoms with Gasteiger partial charge in [0.15, 0.2) is 0 Å². The molecule has 2 aromatic carbocycles. The van der Waals surface area contributed by atoms with Gasteiger partial charge in [-0.3, -0.25) is 14.5 Å². The van der Waals surface area contributed by atoms with E-state index in [-0.39, 0.29) is 18.4 Å². The molecule has 0 aliphatic carbocycles. The molecule has 6 nitrogen and oxygen atoms in total. The molecule has 1 saturated heterocycles. The van der Waals surface area contributed by atoms with E-state index < -0.39 is 0 Å². The summed E-state index contributed by atoms with van der Waals surface area (Å²) in [6.45, 7) is 2.92. The predicted molar refractivity (Wildman–Crippen MR) is 114 cm³/mol. The number of benzene rings is 2. The van der Waals surface area contributed by atoms with Gasteiger partial charge in [0.25, 0.3) is 0 Å². The average Bonchev–Trinajstić information content (AvgIpc) is 2.74. The summed E-state index contributed by atoms with van der Waals surface area (Å²) >= 11 is 6.08. The van der Waals surface area contributed by atoms with E-state index in [1.54, 1.807) is 19.2 Å². The lowest BCUT2D eigenvalue weighted by Crippen LogP contribution is -2.50. The second-order valence-electron chi connectivity index (χ2n) is 7.04. The summed E-state index contributed by atoms with van der Waals surface area (Å²) in [5.74, 6) is 0.850. The van der Waals surface area contributed by atoms with Crippen LogP contribution in [0, 0.1) is 0 Å². The number of aryl methyl sites for hydroxylation is 1. The molecule has 0 unspecified atom stereocenters. The second-order valence-corrected chi connectivity index (χ2v) is 7.44. The molecule has 1 fully saturated rings. The molecule has 29 heavy (non-hydrogen) atoms. The molecular weight excluding hydrogens is 390 g/mol. The van der Waals surface area contributed by atoms with E-state index >= 15 is 0 Å². The number of carbonyl (C=O) groups excluding carboxylic acids is 2. The van der Waals surface area contributed by atoms with Crippen LogP contribution in [0.2, 0.25) is 5.02 Å². The number of rotatable bonds is 7. The quantitative estimate of drug-likeness (QED) is 0.755. The summed E-state index contributed by atoms with van der Waals surface area (Å²) in [5, 5.41) is 3.36. The zero-order chi connectivity index (χ0) is 20.6. The topological polar surface area (TPSA) is 61.9 Å². The van der Waals surface area contributed by atoms with Gasteiger partial charge in [-0.15, -0.1) is 0 Å². The van der Waals surface area contributed by atoms with Crippen LogP contribution in [0.25, 0.3) is 0 Å². The maximum absolute atomic E-state index is 12.5. The van der Waals surface area contributed by atoms with Gasteiger partial charge in [0.05, 0.1) is 24.4 Å². The summed E-state index contributed by atoms with van der Waals surface area (Å²) in [4.78, 5) is 28.7. The Labute approximate surface area is 176 Å². The molecule has 0 radical (unpaired) electrons. The number of methoxy groups -OCH3 is 1. The summed E-state index contributed by atoms with van der Waals surface area (Å²) < 4.78 is 5.22. The molecule has 2 aromatic rings. The van der Waals surface area contributed by atoms with Gasteiger partial charge >= 0.3 is 0 Å². The number of hydrogen-bond donors (Lipinski definition) is 1. The summed E-state index contributed by atoms with van der Waals surface area (Å²) in [7, 11) is 1.64. The molecule has 1 aliphatic heterocycles. The Kier molecular flexibility index (Phi) is 7.49. The Balaban J connectivity index is 1.40. The minimum absolute atomic E-state index is 0.101. The lowest BCUT2D eigenvalue weighted by molar-refractivity contribution is -0.133. The summed E-state index contributed by atoms with van der Waals surface area (Å²) in [6.07, 6.45) is 1.16. The minimum atomic E-state index is -0.101. The van der Waals surface area contributed by atoms with Gasteiger partial charge in [-0.25, -0.2) is 0 Å². The number of nitrogens with zero attached hydrogens (tertiary/aromatic N) is 2. The van der Waals surface area contributed by atoms with Gasteiger partial charge < -0.3 is 15.0 Å². The summed E-state index contributed by atoms with van der Waals surface area (Å²) in [6, 6.07) is 15.0. The minimum Gasteiger partial charge on any atom is -0.497 e. The monoisotopic (exact) mass is 415 g/mol. The summed E-state index contributed by atoms with van der Waals surface area (Å²) in [5.41, 5.74) is 1.71. The maximum atomic E-state index is 12.5. The highest BCUT2D eigenvalue weighted by Gasteiger charge is 2.22.